The highest BCUT2D eigenvalue weighted by molar-refractivity contribution is 5.78. The average Bonchev–Trinajstić information content (AvgIpc) is 3.33. The number of fused-ring (bicyclic) bond motifs is 1. The molecule has 2 aliphatic rings. The Kier molecular flexibility index (Phi) is 4.38. The number of amides is 1. The van der Waals surface area contributed by atoms with Crippen molar-refractivity contribution in [1.82, 2.24) is 20.0 Å². The Bertz CT molecular complexity index is 686. The number of furan rings is 1. The van der Waals surface area contributed by atoms with E-state index in [1.807, 2.05) is 12.1 Å². The van der Waals surface area contributed by atoms with Crippen LogP contribution in [0.4, 0.5) is 0 Å². The number of nitrogens with one attached hydrogen (secondary N) is 1. The van der Waals surface area contributed by atoms with E-state index in [0.29, 0.717) is 6.54 Å². The van der Waals surface area contributed by atoms with Crippen LogP contribution in [0.2, 0.25) is 0 Å². The van der Waals surface area contributed by atoms with Gasteiger partial charge >= 0.3 is 0 Å². The van der Waals surface area contributed by atoms with E-state index in [1.54, 1.807) is 6.26 Å². The molecule has 0 atom stereocenters. The van der Waals surface area contributed by atoms with Gasteiger partial charge in [-0.05, 0) is 31.0 Å². The SMILES string of the molecule is O=C(NCc1cc2n(n1)CCN(Cc1ccco1)C2)C1CCCC1. The fraction of sp³-hybridized carbons (Fsp3) is 0.556. The lowest BCUT2D eigenvalue weighted by Crippen LogP contribution is -2.33. The summed E-state index contributed by atoms with van der Waals surface area (Å²) in [6.45, 7) is 4.07. The van der Waals surface area contributed by atoms with Crippen molar-refractivity contribution in [3.8, 4) is 0 Å². The van der Waals surface area contributed by atoms with Crippen molar-refractivity contribution in [2.24, 2.45) is 5.92 Å². The molecule has 0 radical (unpaired) electrons. The van der Waals surface area contributed by atoms with Crippen LogP contribution >= 0.6 is 0 Å². The van der Waals surface area contributed by atoms with Crippen LogP contribution < -0.4 is 5.32 Å². The minimum atomic E-state index is 0.193. The maximum Gasteiger partial charge on any atom is 0.223 e. The van der Waals surface area contributed by atoms with Gasteiger partial charge in [-0.1, -0.05) is 12.8 Å². The van der Waals surface area contributed by atoms with Crippen molar-refractivity contribution >= 4 is 5.91 Å². The maximum absolute atomic E-state index is 12.1. The monoisotopic (exact) mass is 328 g/mol. The van der Waals surface area contributed by atoms with Crippen molar-refractivity contribution < 1.29 is 9.21 Å². The molecular weight excluding hydrogens is 304 g/mol. The molecule has 1 N–H and O–H groups in total. The Hall–Kier alpha value is -2.08. The molecule has 1 saturated carbocycles. The highest BCUT2D eigenvalue weighted by atomic mass is 16.3. The van der Waals surface area contributed by atoms with E-state index in [4.69, 9.17) is 4.42 Å². The Balaban J connectivity index is 1.33. The maximum atomic E-state index is 12.1. The van der Waals surface area contributed by atoms with Crippen LogP contribution in [0.1, 0.15) is 42.8 Å². The summed E-state index contributed by atoms with van der Waals surface area (Å²) in [5.74, 6) is 1.40. The van der Waals surface area contributed by atoms with Gasteiger partial charge < -0.3 is 9.73 Å². The van der Waals surface area contributed by atoms with Gasteiger partial charge in [-0.25, -0.2) is 0 Å². The van der Waals surface area contributed by atoms with E-state index < -0.39 is 0 Å². The first kappa shape index (κ1) is 15.4. The van der Waals surface area contributed by atoms with Crippen molar-refractivity contribution in [3.63, 3.8) is 0 Å². The van der Waals surface area contributed by atoms with Crippen molar-refractivity contribution in [2.45, 2.75) is 51.9 Å². The second-order valence-electron chi connectivity index (χ2n) is 6.84. The van der Waals surface area contributed by atoms with Gasteiger partial charge in [-0.3, -0.25) is 14.4 Å². The largest absolute Gasteiger partial charge is 0.468 e. The van der Waals surface area contributed by atoms with E-state index >= 15 is 0 Å². The first-order valence-electron chi connectivity index (χ1n) is 8.86. The zero-order valence-corrected chi connectivity index (χ0v) is 13.9. The molecule has 2 aromatic rings. The molecule has 0 spiro atoms. The summed E-state index contributed by atoms with van der Waals surface area (Å²) < 4.78 is 7.50. The van der Waals surface area contributed by atoms with Gasteiger partial charge in [0.15, 0.2) is 0 Å². The molecule has 0 unspecified atom stereocenters. The Morgan fingerprint density at radius 3 is 3.00 bits per heavy atom. The lowest BCUT2D eigenvalue weighted by Gasteiger charge is -2.26. The molecule has 0 saturated heterocycles. The molecule has 1 fully saturated rings. The lowest BCUT2D eigenvalue weighted by molar-refractivity contribution is -0.124. The molecule has 4 rings (SSSR count). The van der Waals surface area contributed by atoms with Crippen molar-refractivity contribution in [1.29, 1.82) is 0 Å². The summed E-state index contributed by atoms with van der Waals surface area (Å²) in [6.07, 6.45) is 6.15. The van der Waals surface area contributed by atoms with Crippen LogP contribution in [0.15, 0.2) is 28.9 Å². The molecule has 128 valence electrons. The quantitative estimate of drug-likeness (QED) is 0.915. The predicted octanol–water partition coefficient (Wildman–Crippen LogP) is 2.30. The van der Waals surface area contributed by atoms with Gasteiger partial charge in [0.1, 0.15) is 5.76 Å². The number of carbonyl (C=O) groups excluding carboxylic acids is 1. The van der Waals surface area contributed by atoms with Crippen LogP contribution in [0, 0.1) is 5.92 Å². The second-order valence-corrected chi connectivity index (χ2v) is 6.84. The van der Waals surface area contributed by atoms with Crippen LogP contribution in [0.3, 0.4) is 0 Å². The number of nitrogens with zero attached hydrogens (tertiary/aromatic N) is 3. The zero-order valence-electron chi connectivity index (χ0n) is 13.9. The van der Waals surface area contributed by atoms with E-state index in [2.05, 4.69) is 26.1 Å². The third-order valence-electron chi connectivity index (χ3n) is 5.06. The topological polar surface area (TPSA) is 63.3 Å². The van der Waals surface area contributed by atoms with E-state index in [0.717, 1.165) is 50.5 Å². The summed E-state index contributed by atoms with van der Waals surface area (Å²) in [7, 11) is 0. The third kappa shape index (κ3) is 3.38. The number of hydrogen-bond donors (Lipinski definition) is 1. The molecule has 3 heterocycles. The smallest absolute Gasteiger partial charge is 0.223 e. The fourth-order valence-corrected chi connectivity index (χ4v) is 3.73. The van der Waals surface area contributed by atoms with Crippen LogP contribution in [0.5, 0.6) is 0 Å². The third-order valence-corrected chi connectivity index (χ3v) is 5.06. The number of rotatable bonds is 5. The van der Waals surface area contributed by atoms with Crippen LogP contribution in [-0.2, 0) is 31.0 Å². The molecule has 0 bridgehead atoms. The molecule has 6 heteroatoms. The summed E-state index contributed by atoms with van der Waals surface area (Å²) in [4.78, 5) is 14.5. The first-order chi connectivity index (χ1) is 11.8. The van der Waals surface area contributed by atoms with Crippen LogP contribution in [-0.4, -0.2) is 27.1 Å². The Morgan fingerprint density at radius 1 is 1.33 bits per heavy atom. The van der Waals surface area contributed by atoms with E-state index in [9.17, 15) is 4.79 Å². The number of carbonyl (C=O) groups is 1. The number of hydrogen-bond acceptors (Lipinski definition) is 4. The average molecular weight is 328 g/mol. The summed E-state index contributed by atoms with van der Waals surface area (Å²) >= 11 is 0. The Morgan fingerprint density at radius 2 is 2.21 bits per heavy atom. The van der Waals surface area contributed by atoms with E-state index in [1.165, 1.54) is 18.5 Å². The second kappa shape index (κ2) is 6.81. The van der Waals surface area contributed by atoms with Crippen molar-refractivity contribution in [3.05, 3.63) is 41.6 Å². The Labute approximate surface area is 141 Å². The fourth-order valence-electron chi connectivity index (χ4n) is 3.73. The normalized spacial score (nSPS) is 18.7. The summed E-state index contributed by atoms with van der Waals surface area (Å²) in [6, 6.07) is 6.05. The molecule has 1 aliphatic heterocycles. The molecule has 6 nitrogen and oxygen atoms in total. The van der Waals surface area contributed by atoms with Gasteiger partial charge in [0.2, 0.25) is 5.91 Å². The first-order valence-corrected chi connectivity index (χ1v) is 8.86. The molecule has 24 heavy (non-hydrogen) atoms. The highest BCUT2D eigenvalue weighted by Crippen LogP contribution is 2.24. The van der Waals surface area contributed by atoms with E-state index in [-0.39, 0.29) is 11.8 Å². The molecule has 1 aliphatic carbocycles. The van der Waals surface area contributed by atoms with Gasteiger partial charge in [0.25, 0.3) is 0 Å². The highest BCUT2D eigenvalue weighted by Gasteiger charge is 2.23. The summed E-state index contributed by atoms with van der Waals surface area (Å²) in [5.41, 5.74) is 2.16. The predicted molar refractivity (Wildman–Crippen MR) is 88.9 cm³/mol. The van der Waals surface area contributed by atoms with Gasteiger partial charge in [-0.15, -0.1) is 0 Å². The molecular formula is C18H24N4O2. The van der Waals surface area contributed by atoms with Crippen LogP contribution in [0.25, 0.3) is 0 Å². The molecule has 0 aromatic carbocycles. The van der Waals surface area contributed by atoms with Gasteiger partial charge in [0, 0.05) is 19.0 Å². The van der Waals surface area contributed by atoms with Gasteiger partial charge in [-0.2, -0.15) is 5.10 Å². The lowest BCUT2D eigenvalue weighted by atomic mass is 10.1. The minimum absolute atomic E-state index is 0.193. The van der Waals surface area contributed by atoms with Crippen molar-refractivity contribution in [2.75, 3.05) is 6.54 Å². The minimum Gasteiger partial charge on any atom is -0.468 e. The molecule has 2 aromatic heterocycles. The standard InChI is InChI=1S/C18H24N4O2/c23-18(14-4-1-2-5-14)19-11-15-10-16-12-21(7-8-22(16)20-15)13-17-6-3-9-24-17/h3,6,9-10,14H,1-2,4-5,7-8,11-13H2,(H,19,23). The molecule has 1 amide bonds. The zero-order chi connectivity index (χ0) is 16.4. The number of aromatic nitrogens is 2. The summed E-state index contributed by atoms with van der Waals surface area (Å²) in [5, 5.41) is 7.69. The van der Waals surface area contributed by atoms with Gasteiger partial charge in [0.05, 0.1) is 37.3 Å².